The maximum Gasteiger partial charge on any atom is 0.254 e. The Labute approximate surface area is 170 Å². The molecule has 29 heavy (non-hydrogen) atoms. The van der Waals surface area contributed by atoms with Gasteiger partial charge < -0.3 is 9.30 Å². The highest BCUT2D eigenvalue weighted by Gasteiger charge is 2.13. The second-order valence-corrected chi connectivity index (χ2v) is 7.40. The van der Waals surface area contributed by atoms with Crippen molar-refractivity contribution in [1.29, 1.82) is 0 Å². The summed E-state index contributed by atoms with van der Waals surface area (Å²) in [7, 11) is 0. The fraction of sp³-hybridized carbons (Fsp3) is 0.304. The molecule has 0 spiro atoms. The molecule has 6 nitrogen and oxygen atoms in total. The molecule has 1 aromatic heterocycles. The van der Waals surface area contributed by atoms with Crippen LogP contribution < -0.4 is 5.43 Å². The molecule has 0 unspecified atom stereocenters. The number of rotatable bonds is 6. The van der Waals surface area contributed by atoms with E-state index in [1.807, 2.05) is 12.1 Å². The van der Waals surface area contributed by atoms with Crippen LogP contribution in [0.15, 0.2) is 59.8 Å². The number of nitrogens with one attached hydrogen (secondary N) is 1. The van der Waals surface area contributed by atoms with Crippen LogP contribution in [0.2, 0.25) is 0 Å². The van der Waals surface area contributed by atoms with Crippen molar-refractivity contribution in [3.8, 4) is 0 Å². The van der Waals surface area contributed by atoms with E-state index >= 15 is 0 Å². The molecule has 6 heteroatoms. The third-order valence-electron chi connectivity index (χ3n) is 5.12. The van der Waals surface area contributed by atoms with Gasteiger partial charge in [-0.2, -0.15) is 5.10 Å². The van der Waals surface area contributed by atoms with E-state index in [4.69, 9.17) is 4.74 Å². The zero-order valence-electron chi connectivity index (χ0n) is 16.7. The zero-order chi connectivity index (χ0) is 20.1. The number of aryl methyl sites for hydroxylation is 1. The van der Waals surface area contributed by atoms with Gasteiger partial charge in [0.1, 0.15) is 0 Å². The Hall–Kier alpha value is -2.96. The maximum atomic E-state index is 12.1. The minimum atomic E-state index is -0.105. The predicted molar refractivity (Wildman–Crippen MR) is 115 cm³/mol. The number of aromatic nitrogens is 1. The highest BCUT2D eigenvalue weighted by molar-refractivity contribution is 5.99. The van der Waals surface area contributed by atoms with Gasteiger partial charge in [-0.05, 0) is 18.6 Å². The first kappa shape index (κ1) is 19.4. The number of amides is 1. The molecule has 1 N–H and O–H groups in total. The molecule has 4 rings (SSSR count). The molecule has 3 aromatic rings. The Morgan fingerprint density at radius 2 is 2.00 bits per heavy atom. The molecule has 1 aliphatic heterocycles. The van der Waals surface area contributed by atoms with Crippen LogP contribution in [0.4, 0.5) is 0 Å². The van der Waals surface area contributed by atoms with Crippen molar-refractivity contribution in [1.82, 2.24) is 14.9 Å². The highest BCUT2D eigenvalue weighted by atomic mass is 16.5. The van der Waals surface area contributed by atoms with Crippen molar-refractivity contribution in [2.24, 2.45) is 5.10 Å². The summed E-state index contributed by atoms with van der Waals surface area (Å²) in [5.41, 5.74) is 7.29. The molecular formula is C23H26N4O2. The molecule has 2 heterocycles. The van der Waals surface area contributed by atoms with Gasteiger partial charge in [-0.15, -0.1) is 0 Å². The van der Waals surface area contributed by atoms with Gasteiger partial charge in [0.05, 0.1) is 26.0 Å². The Morgan fingerprint density at radius 3 is 2.83 bits per heavy atom. The van der Waals surface area contributed by atoms with Crippen LogP contribution in [-0.2, 0) is 16.1 Å². The highest BCUT2D eigenvalue weighted by Crippen LogP contribution is 2.21. The molecule has 0 aliphatic carbocycles. The van der Waals surface area contributed by atoms with E-state index in [1.165, 1.54) is 11.1 Å². The second-order valence-electron chi connectivity index (χ2n) is 7.40. The molecule has 0 radical (unpaired) electrons. The summed E-state index contributed by atoms with van der Waals surface area (Å²) in [4.78, 5) is 14.2. The van der Waals surface area contributed by atoms with E-state index < -0.39 is 0 Å². The Morgan fingerprint density at radius 1 is 1.17 bits per heavy atom. The number of ether oxygens (including phenoxy) is 1. The minimum Gasteiger partial charge on any atom is -0.379 e. The topological polar surface area (TPSA) is 58.9 Å². The largest absolute Gasteiger partial charge is 0.379 e. The van der Waals surface area contributed by atoms with Gasteiger partial charge in [-0.1, -0.05) is 48.0 Å². The average molecular weight is 390 g/mol. The van der Waals surface area contributed by atoms with Crippen molar-refractivity contribution in [2.75, 3.05) is 32.8 Å². The molecule has 1 fully saturated rings. The summed E-state index contributed by atoms with van der Waals surface area (Å²) < 4.78 is 7.53. The van der Waals surface area contributed by atoms with Crippen molar-refractivity contribution in [3.63, 3.8) is 0 Å². The molecule has 0 saturated carbocycles. The van der Waals surface area contributed by atoms with Crippen molar-refractivity contribution in [2.45, 2.75) is 13.5 Å². The SMILES string of the molecule is Cc1cccc(Cn2cc(/C=N/NC(=O)CN3CCOCC3)c3ccccc32)c1. The molecular weight excluding hydrogens is 364 g/mol. The number of morpholine rings is 1. The number of hydrogen-bond acceptors (Lipinski definition) is 4. The number of hydrazone groups is 1. The van der Waals surface area contributed by atoms with Crippen LogP contribution >= 0.6 is 0 Å². The smallest absolute Gasteiger partial charge is 0.254 e. The quantitative estimate of drug-likeness (QED) is 0.520. The number of benzene rings is 2. The lowest BCUT2D eigenvalue weighted by atomic mass is 10.1. The van der Waals surface area contributed by atoms with Gasteiger partial charge in [0.25, 0.3) is 5.91 Å². The molecule has 1 saturated heterocycles. The molecule has 2 aromatic carbocycles. The average Bonchev–Trinajstić information content (AvgIpc) is 3.06. The van der Waals surface area contributed by atoms with E-state index in [1.54, 1.807) is 6.21 Å². The maximum absolute atomic E-state index is 12.1. The van der Waals surface area contributed by atoms with Gasteiger partial charge in [0.2, 0.25) is 0 Å². The fourth-order valence-corrected chi connectivity index (χ4v) is 3.69. The number of para-hydroxylation sites is 1. The number of nitrogens with zero attached hydrogens (tertiary/aromatic N) is 3. The second kappa shape index (κ2) is 9.03. The van der Waals surface area contributed by atoms with Crippen LogP contribution in [0.3, 0.4) is 0 Å². The van der Waals surface area contributed by atoms with Crippen LogP contribution in [0.25, 0.3) is 10.9 Å². The summed E-state index contributed by atoms with van der Waals surface area (Å²) in [5.74, 6) is -0.105. The van der Waals surface area contributed by atoms with Crippen LogP contribution in [0.5, 0.6) is 0 Å². The van der Waals surface area contributed by atoms with E-state index in [2.05, 4.69) is 69.5 Å². The molecule has 150 valence electrons. The van der Waals surface area contributed by atoms with Gasteiger partial charge in [0.15, 0.2) is 0 Å². The third kappa shape index (κ3) is 4.91. The summed E-state index contributed by atoms with van der Waals surface area (Å²) in [6.45, 7) is 6.16. The van der Waals surface area contributed by atoms with Crippen molar-refractivity contribution < 1.29 is 9.53 Å². The minimum absolute atomic E-state index is 0.105. The van der Waals surface area contributed by atoms with Gasteiger partial charge >= 0.3 is 0 Å². The van der Waals surface area contributed by atoms with E-state index in [9.17, 15) is 4.79 Å². The lowest BCUT2D eigenvalue weighted by molar-refractivity contribution is -0.123. The summed E-state index contributed by atoms with van der Waals surface area (Å²) in [5, 5.41) is 5.31. The Kier molecular flexibility index (Phi) is 6.03. The number of hydrogen-bond donors (Lipinski definition) is 1. The van der Waals surface area contributed by atoms with Crippen LogP contribution in [0, 0.1) is 6.92 Å². The molecule has 1 amide bonds. The Bertz CT molecular complexity index is 1020. The van der Waals surface area contributed by atoms with E-state index in [0.717, 1.165) is 36.1 Å². The lowest BCUT2D eigenvalue weighted by Gasteiger charge is -2.25. The van der Waals surface area contributed by atoms with Gasteiger partial charge in [-0.3, -0.25) is 9.69 Å². The van der Waals surface area contributed by atoms with Gasteiger partial charge in [0, 0.05) is 42.3 Å². The number of fused-ring (bicyclic) bond motifs is 1. The predicted octanol–water partition coefficient (Wildman–Crippen LogP) is 2.78. The monoisotopic (exact) mass is 390 g/mol. The van der Waals surface area contributed by atoms with Gasteiger partial charge in [-0.25, -0.2) is 5.43 Å². The number of carbonyl (C=O) groups is 1. The van der Waals surface area contributed by atoms with E-state index in [-0.39, 0.29) is 5.91 Å². The zero-order valence-corrected chi connectivity index (χ0v) is 16.7. The first-order valence-electron chi connectivity index (χ1n) is 9.94. The van der Waals surface area contributed by atoms with Crippen LogP contribution in [0.1, 0.15) is 16.7 Å². The standard InChI is InChI=1S/C23H26N4O2/c1-18-5-4-6-19(13-18)15-27-16-20(21-7-2-3-8-22(21)27)14-24-25-23(28)17-26-9-11-29-12-10-26/h2-8,13-14,16H,9-12,15,17H2,1H3,(H,25,28)/b24-14+. The van der Waals surface area contributed by atoms with Crippen molar-refractivity contribution >= 4 is 23.0 Å². The fourth-order valence-electron chi connectivity index (χ4n) is 3.69. The van der Waals surface area contributed by atoms with Crippen LogP contribution in [-0.4, -0.2) is 54.4 Å². The molecule has 1 aliphatic rings. The lowest BCUT2D eigenvalue weighted by Crippen LogP contribution is -2.42. The Balaban J connectivity index is 1.47. The number of carbonyl (C=O) groups excluding carboxylic acids is 1. The first-order chi connectivity index (χ1) is 14.2. The summed E-state index contributed by atoms with van der Waals surface area (Å²) in [6, 6.07) is 16.8. The summed E-state index contributed by atoms with van der Waals surface area (Å²) >= 11 is 0. The summed E-state index contributed by atoms with van der Waals surface area (Å²) in [6.07, 6.45) is 3.82. The van der Waals surface area contributed by atoms with Crippen molar-refractivity contribution in [3.05, 3.63) is 71.4 Å². The molecule has 0 bridgehead atoms. The first-order valence-corrected chi connectivity index (χ1v) is 9.94. The molecule has 0 atom stereocenters. The van der Waals surface area contributed by atoms with E-state index in [0.29, 0.717) is 19.8 Å². The third-order valence-corrected chi connectivity index (χ3v) is 5.12. The normalized spacial score (nSPS) is 15.2.